The second kappa shape index (κ2) is 6.77. The minimum Gasteiger partial charge on any atom is -0.354 e. The highest BCUT2D eigenvalue weighted by molar-refractivity contribution is 5.78. The Morgan fingerprint density at radius 2 is 2.00 bits per heavy atom. The fourth-order valence-corrected chi connectivity index (χ4v) is 2.91. The first-order valence-corrected chi connectivity index (χ1v) is 8.05. The molecule has 23 heavy (non-hydrogen) atoms. The van der Waals surface area contributed by atoms with E-state index in [0.717, 1.165) is 23.6 Å². The van der Waals surface area contributed by atoms with Crippen molar-refractivity contribution in [3.63, 3.8) is 0 Å². The van der Waals surface area contributed by atoms with Crippen LogP contribution in [0.1, 0.15) is 43.5 Å². The number of benzene rings is 1. The number of carbonyl (C=O) groups is 1. The lowest BCUT2D eigenvalue weighted by Gasteiger charge is -2.30. The standard InChI is InChI=1S/C18H22N4O/c1-13(2)15-10-17(21-12-20-15)22-9-8-19-18(23)11-16(22)14-6-4-3-5-7-14/h3-7,10,12-13,16H,8-9,11H2,1-2H3,(H,19,23). The summed E-state index contributed by atoms with van der Waals surface area (Å²) in [7, 11) is 0. The Balaban J connectivity index is 1.99. The number of carbonyl (C=O) groups excluding carboxylic acids is 1. The van der Waals surface area contributed by atoms with Crippen LogP contribution in [0.15, 0.2) is 42.7 Å². The number of nitrogens with one attached hydrogen (secondary N) is 1. The van der Waals surface area contributed by atoms with E-state index in [1.807, 2.05) is 24.3 Å². The SMILES string of the molecule is CC(C)c1cc(N2CCNC(=O)CC2c2ccccc2)ncn1. The van der Waals surface area contributed by atoms with Gasteiger partial charge in [0.25, 0.3) is 0 Å². The summed E-state index contributed by atoms with van der Waals surface area (Å²) in [5.74, 6) is 1.31. The lowest BCUT2D eigenvalue weighted by atomic mass is 10.0. The molecule has 1 saturated heterocycles. The van der Waals surface area contributed by atoms with Gasteiger partial charge >= 0.3 is 0 Å². The third kappa shape index (κ3) is 3.50. The van der Waals surface area contributed by atoms with Gasteiger partial charge in [-0.15, -0.1) is 0 Å². The van der Waals surface area contributed by atoms with Gasteiger partial charge in [-0.2, -0.15) is 0 Å². The zero-order valence-corrected chi connectivity index (χ0v) is 13.6. The van der Waals surface area contributed by atoms with Gasteiger partial charge in [-0.1, -0.05) is 44.2 Å². The van der Waals surface area contributed by atoms with Gasteiger partial charge in [0.05, 0.1) is 12.5 Å². The smallest absolute Gasteiger partial charge is 0.222 e. The largest absolute Gasteiger partial charge is 0.354 e. The normalized spacial score (nSPS) is 18.7. The average molecular weight is 310 g/mol. The van der Waals surface area contributed by atoms with Crippen molar-refractivity contribution >= 4 is 11.7 Å². The fourth-order valence-electron chi connectivity index (χ4n) is 2.91. The van der Waals surface area contributed by atoms with E-state index in [4.69, 9.17) is 0 Å². The van der Waals surface area contributed by atoms with Crippen LogP contribution in [0, 0.1) is 0 Å². The molecule has 5 heteroatoms. The van der Waals surface area contributed by atoms with Gasteiger partial charge in [-0.3, -0.25) is 4.79 Å². The van der Waals surface area contributed by atoms with Crippen LogP contribution in [0.4, 0.5) is 5.82 Å². The third-order valence-corrected chi connectivity index (χ3v) is 4.17. The molecule has 1 aliphatic heterocycles. The molecule has 3 rings (SSSR count). The van der Waals surface area contributed by atoms with Crippen molar-refractivity contribution in [2.45, 2.75) is 32.2 Å². The van der Waals surface area contributed by atoms with Gasteiger partial charge in [0.1, 0.15) is 12.1 Å². The van der Waals surface area contributed by atoms with Crippen LogP contribution in [-0.2, 0) is 4.79 Å². The second-order valence-electron chi connectivity index (χ2n) is 6.13. The van der Waals surface area contributed by atoms with Crippen molar-refractivity contribution in [2.75, 3.05) is 18.0 Å². The number of hydrogen-bond acceptors (Lipinski definition) is 4. The summed E-state index contributed by atoms with van der Waals surface area (Å²) in [5.41, 5.74) is 2.15. The minimum absolute atomic E-state index is 0.00591. The first-order valence-electron chi connectivity index (χ1n) is 8.05. The molecule has 2 heterocycles. The fraction of sp³-hybridized carbons (Fsp3) is 0.389. The van der Waals surface area contributed by atoms with Gasteiger partial charge in [0, 0.05) is 24.8 Å². The summed E-state index contributed by atoms with van der Waals surface area (Å²) in [5, 5.41) is 2.96. The quantitative estimate of drug-likeness (QED) is 0.947. The molecule has 1 amide bonds. The predicted molar refractivity (Wildman–Crippen MR) is 90.3 cm³/mol. The molecule has 0 bridgehead atoms. The van der Waals surface area contributed by atoms with Crippen LogP contribution < -0.4 is 10.2 Å². The second-order valence-corrected chi connectivity index (χ2v) is 6.13. The van der Waals surface area contributed by atoms with Crippen molar-refractivity contribution in [1.29, 1.82) is 0 Å². The van der Waals surface area contributed by atoms with Crippen LogP contribution in [0.25, 0.3) is 0 Å². The molecule has 1 atom stereocenters. The molecule has 0 spiro atoms. The zero-order valence-electron chi connectivity index (χ0n) is 13.6. The van der Waals surface area contributed by atoms with E-state index < -0.39 is 0 Å². The van der Waals surface area contributed by atoms with Gasteiger partial charge in [0.15, 0.2) is 0 Å². The molecule has 1 fully saturated rings. The molecule has 0 aliphatic carbocycles. The van der Waals surface area contributed by atoms with E-state index in [9.17, 15) is 4.79 Å². The number of anilines is 1. The lowest BCUT2D eigenvalue weighted by molar-refractivity contribution is -0.121. The molecule has 1 aromatic heterocycles. The van der Waals surface area contributed by atoms with Gasteiger partial charge in [0.2, 0.25) is 5.91 Å². The van der Waals surface area contributed by atoms with Gasteiger partial charge < -0.3 is 10.2 Å². The minimum atomic E-state index is -0.00591. The maximum atomic E-state index is 12.0. The van der Waals surface area contributed by atoms with Crippen LogP contribution in [0.5, 0.6) is 0 Å². The Bertz CT molecular complexity index is 672. The lowest BCUT2D eigenvalue weighted by Crippen LogP contribution is -2.31. The van der Waals surface area contributed by atoms with Crippen molar-refractivity contribution in [3.05, 3.63) is 54.0 Å². The van der Waals surface area contributed by atoms with Crippen LogP contribution in [-0.4, -0.2) is 29.0 Å². The van der Waals surface area contributed by atoms with E-state index in [-0.39, 0.29) is 11.9 Å². The monoisotopic (exact) mass is 310 g/mol. The van der Waals surface area contributed by atoms with Crippen molar-refractivity contribution in [1.82, 2.24) is 15.3 Å². The summed E-state index contributed by atoms with van der Waals surface area (Å²) in [4.78, 5) is 23.1. The van der Waals surface area contributed by atoms with E-state index in [1.54, 1.807) is 6.33 Å². The molecule has 2 aromatic rings. The highest BCUT2D eigenvalue weighted by Crippen LogP contribution is 2.30. The predicted octanol–water partition coefficient (Wildman–Crippen LogP) is 2.67. The molecule has 1 aliphatic rings. The summed E-state index contributed by atoms with van der Waals surface area (Å²) in [6.45, 7) is 5.60. The molecule has 1 unspecified atom stereocenters. The van der Waals surface area contributed by atoms with E-state index in [2.05, 4.69) is 46.2 Å². The molecule has 1 N–H and O–H groups in total. The van der Waals surface area contributed by atoms with Crippen molar-refractivity contribution < 1.29 is 4.79 Å². The van der Waals surface area contributed by atoms with Crippen LogP contribution >= 0.6 is 0 Å². The summed E-state index contributed by atoms with van der Waals surface area (Å²) in [6.07, 6.45) is 2.05. The third-order valence-electron chi connectivity index (χ3n) is 4.17. The Labute approximate surface area is 136 Å². The van der Waals surface area contributed by atoms with E-state index in [0.29, 0.717) is 18.9 Å². The molecule has 120 valence electrons. The van der Waals surface area contributed by atoms with Crippen molar-refractivity contribution in [3.8, 4) is 0 Å². The summed E-state index contributed by atoms with van der Waals surface area (Å²) < 4.78 is 0. The Hall–Kier alpha value is -2.43. The Morgan fingerprint density at radius 3 is 2.74 bits per heavy atom. The number of aromatic nitrogens is 2. The highest BCUT2D eigenvalue weighted by atomic mass is 16.1. The van der Waals surface area contributed by atoms with Gasteiger partial charge in [-0.25, -0.2) is 9.97 Å². The Kier molecular flexibility index (Phi) is 4.55. The van der Waals surface area contributed by atoms with E-state index >= 15 is 0 Å². The first kappa shape index (κ1) is 15.5. The Morgan fingerprint density at radius 1 is 1.22 bits per heavy atom. The average Bonchev–Trinajstić information content (AvgIpc) is 2.77. The number of rotatable bonds is 3. The molecule has 1 aromatic carbocycles. The number of hydrogen-bond donors (Lipinski definition) is 1. The van der Waals surface area contributed by atoms with Gasteiger partial charge in [-0.05, 0) is 11.5 Å². The number of amides is 1. The summed E-state index contributed by atoms with van der Waals surface area (Å²) in [6, 6.07) is 12.2. The topological polar surface area (TPSA) is 58.1 Å². The first-order chi connectivity index (χ1) is 11.1. The molecular weight excluding hydrogens is 288 g/mol. The molecular formula is C18H22N4O. The molecule has 5 nitrogen and oxygen atoms in total. The maximum Gasteiger partial charge on any atom is 0.222 e. The van der Waals surface area contributed by atoms with Crippen LogP contribution in [0.2, 0.25) is 0 Å². The van der Waals surface area contributed by atoms with Crippen molar-refractivity contribution in [2.24, 2.45) is 0 Å². The molecule has 0 radical (unpaired) electrons. The maximum absolute atomic E-state index is 12.0. The zero-order chi connectivity index (χ0) is 16.2. The number of nitrogens with zero attached hydrogens (tertiary/aromatic N) is 3. The van der Waals surface area contributed by atoms with Crippen LogP contribution in [0.3, 0.4) is 0 Å². The molecule has 0 saturated carbocycles. The highest BCUT2D eigenvalue weighted by Gasteiger charge is 2.27. The van der Waals surface area contributed by atoms with E-state index in [1.165, 1.54) is 0 Å². The summed E-state index contributed by atoms with van der Waals surface area (Å²) >= 11 is 0.